The molecule has 26 heavy (non-hydrogen) atoms. The summed E-state index contributed by atoms with van der Waals surface area (Å²) < 4.78 is 1.64. The maximum Gasteiger partial charge on any atom is 0.342 e. The van der Waals surface area contributed by atoms with Crippen molar-refractivity contribution in [1.82, 2.24) is 9.55 Å². The predicted molar refractivity (Wildman–Crippen MR) is 106 cm³/mol. The van der Waals surface area contributed by atoms with Crippen molar-refractivity contribution in [2.24, 2.45) is 0 Å². The molecule has 0 aliphatic rings. The van der Waals surface area contributed by atoms with E-state index in [9.17, 15) is 10.1 Å². The van der Waals surface area contributed by atoms with E-state index < -0.39 is 4.92 Å². The molecule has 0 fully saturated rings. The molecule has 3 aromatic rings. The van der Waals surface area contributed by atoms with E-state index in [2.05, 4.69) is 17.1 Å². The lowest BCUT2D eigenvalue weighted by Gasteiger charge is -2.18. The van der Waals surface area contributed by atoms with Gasteiger partial charge in [0, 0.05) is 17.7 Å². The Morgan fingerprint density at radius 1 is 1.19 bits per heavy atom. The number of benzene rings is 2. The van der Waals surface area contributed by atoms with E-state index in [4.69, 9.17) is 11.6 Å². The third-order valence-corrected chi connectivity index (χ3v) is 5.73. The number of nitrogens with zero attached hydrogens (tertiary/aromatic N) is 3. The van der Waals surface area contributed by atoms with Crippen molar-refractivity contribution >= 4 is 29.2 Å². The number of nitro groups is 1. The van der Waals surface area contributed by atoms with Crippen LogP contribution in [-0.2, 0) is 6.54 Å². The molecule has 7 heteroatoms. The smallest absolute Gasteiger partial charge is 0.342 e. The molecule has 1 aromatic heterocycles. The third-order valence-electron chi connectivity index (χ3n) is 4.11. The summed E-state index contributed by atoms with van der Waals surface area (Å²) in [5, 5.41) is 11.9. The molecule has 5 nitrogen and oxygen atoms in total. The standard InChI is InChI=1S/C19H18ClN3O2S/c1-14-21-13-18(23(24)25)22(14)11-12-26-19(15-7-3-2-4-8-15)16-9-5-6-10-17(16)20/h2-10,13,19H,11-12H2,1H3. The lowest BCUT2D eigenvalue weighted by atomic mass is 10.0. The van der Waals surface area contributed by atoms with Crippen molar-refractivity contribution in [3.63, 3.8) is 0 Å². The molecular formula is C19H18ClN3O2S. The van der Waals surface area contributed by atoms with Gasteiger partial charge in [-0.3, -0.25) is 0 Å². The molecule has 0 N–H and O–H groups in total. The Balaban J connectivity index is 1.81. The SMILES string of the molecule is Cc1ncc([N+](=O)[O-])n1CCSC(c1ccccc1)c1ccccc1Cl. The zero-order valence-electron chi connectivity index (χ0n) is 14.2. The van der Waals surface area contributed by atoms with Crippen LogP contribution >= 0.6 is 23.4 Å². The van der Waals surface area contributed by atoms with E-state index in [0.29, 0.717) is 18.1 Å². The van der Waals surface area contributed by atoms with E-state index in [1.165, 1.54) is 6.20 Å². The minimum absolute atomic E-state index is 0.0251. The summed E-state index contributed by atoms with van der Waals surface area (Å²) in [6, 6.07) is 17.9. The van der Waals surface area contributed by atoms with Crippen LogP contribution in [0.15, 0.2) is 60.8 Å². The quantitative estimate of drug-likeness (QED) is 0.409. The number of rotatable bonds is 7. The van der Waals surface area contributed by atoms with Gasteiger partial charge in [-0.15, -0.1) is 11.8 Å². The van der Waals surface area contributed by atoms with E-state index in [1.807, 2.05) is 42.5 Å². The first kappa shape index (κ1) is 18.5. The molecule has 0 saturated carbocycles. The van der Waals surface area contributed by atoms with Gasteiger partial charge < -0.3 is 10.1 Å². The van der Waals surface area contributed by atoms with Crippen molar-refractivity contribution in [1.29, 1.82) is 0 Å². The maximum absolute atomic E-state index is 11.1. The molecule has 134 valence electrons. The molecule has 0 radical (unpaired) electrons. The Kier molecular flexibility index (Phi) is 5.96. The minimum atomic E-state index is -0.395. The van der Waals surface area contributed by atoms with Crippen LogP contribution in [0, 0.1) is 17.0 Å². The molecule has 0 spiro atoms. The average Bonchev–Trinajstić information content (AvgIpc) is 3.01. The van der Waals surface area contributed by atoms with Crippen LogP contribution in [0.4, 0.5) is 5.82 Å². The van der Waals surface area contributed by atoms with Crippen LogP contribution < -0.4 is 0 Å². The van der Waals surface area contributed by atoms with Gasteiger partial charge in [0.05, 0.1) is 5.25 Å². The highest BCUT2D eigenvalue weighted by molar-refractivity contribution is 7.99. The Bertz CT molecular complexity index is 899. The zero-order chi connectivity index (χ0) is 18.5. The zero-order valence-corrected chi connectivity index (χ0v) is 15.8. The van der Waals surface area contributed by atoms with Crippen molar-refractivity contribution < 1.29 is 4.92 Å². The van der Waals surface area contributed by atoms with Gasteiger partial charge in [0.1, 0.15) is 12.7 Å². The molecule has 0 saturated heterocycles. The number of hydrogen-bond acceptors (Lipinski definition) is 4. The van der Waals surface area contributed by atoms with Crippen LogP contribution in [0.5, 0.6) is 0 Å². The van der Waals surface area contributed by atoms with Crippen molar-refractivity contribution in [3.05, 3.63) is 92.9 Å². The lowest BCUT2D eigenvalue weighted by molar-refractivity contribution is -0.392. The Hall–Kier alpha value is -2.31. The largest absolute Gasteiger partial charge is 0.358 e. The molecule has 1 heterocycles. The average molecular weight is 388 g/mol. The molecule has 0 amide bonds. The summed E-state index contributed by atoms with van der Waals surface area (Å²) in [5.74, 6) is 1.37. The summed E-state index contributed by atoms with van der Waals surface area (Å²) in [6.07, 6.45) is 1.31. The Labute approximate surface area is 161 Å². The normalized spacial score (nSPS) is 12.1. The van der Waals surface area contributed by atoms with Gasteiger partial charge in [0.25, 0.3) is 0 Å². The van der Waals surface area contributed by atoms with E-state index in [-0.39, 0.29) is 11.1 Å². The minimum Gasteiger partial charge on any atom is -0.358 e. The molecule has 2 aromatic carbocycles. The summed E-state index contributed by atoms with van der Waals surface area (Å²) in [7, 11) is 0. The number of aryl methyl sites for hydroxylation is 1. The third kappa shape index (κ3) is 4.08. The first-order valence-corrected chi connectivity index (χ1v) is 9.58. The first-order valence-electron chi connectivity index (χ1n) is 8.15. The Morgan fingerprint density at radius 3 is 2.58 bits per heavy atom. The summed E-state index contributed by atoms with van der Waals surface area (Å²) >= 11 is 8.14. The highest BCUT2D eigenvalue weighted by atomic mass is 35.5. The second kappa shape index (κ2) is 8.38. The molecule has 0 bridgehead atoms. The van der Waals surface area contributed by atoms with Crippen LogP contribution in [-0.4, -0.2) is 20.2 Å². The highest BCUT2D eigenvalue weighted by Gasteiger charge is 2.20. The van der Waals surface area contributed by atoms with E-state index in [1.54, 1.807) is 23.3 Å². The van der Waals surface area contributed by atoms with Crippen LogP contribution in [0.1, 0.15) is 22.2 Å². The fraction of sp³-hybridized carbons (Fsp3) is 0.211. The summed E-state index contributed by atoms with van der Waals surface area (Å²) in [5.41, 5.74) is 2.20. The predicted octanol–water partition coefficient (Wildman–Crippen LogP) is 5.28. The first-order chi connectivity index (χ1) is 12.6. The van der Waals surface area contributed by atoms with Gasteiger partial charge >= 0.3 is 5.82 Å². The van der Waals surface area contributed by atoms with Crippen molar-refractivity contribution in [2.75, 3.05) is 5.75 Å². The number of thioether (sulfide) groups is 1. The van der Waals surface area contributed by atoms with E-state index >= 15 is 0 Å². The molecule has 1 atom stereocenters. The maximum atomic E-state index is 11.1. The molecule has 0 aliphatic heterocycles. The van der Waals surface area contributed by atoms with Gasteiger partial charge in [0.2, 0.25) is 0 Å². The van der Waals surface area contributed by atoms with Gasteiger partial charge in [-0.1, -0.05) is 60.1 Å². The monoisotopic (exact) mass is 387 g/mol. The molecule has 1 unspecified atom stereocenters. The van der Waals surface area contributed by atoms with Crippen molar-refractivity contribution in [3.8, 4) is 0 Å². The summed E-state index contributed by atoms with van der Waals surface area (Å²) in [4.78, 5) is 14.8. The number of halogens is 1. The van der Waals surface area contributed by atoms with Gasteiger partial charge in [-0.25, -0.2) is 9.55 Å². The van der Waals surface area contributed by atoms with Crippen molar-refractivity contribution in [2.45, 2.75) is 18.7 Å². The second-order valence-electron chi connectivity index (χ2n) is 5.76. The topological polar surface area (TPSA) is 61.0 Å². The number of hydrogen-bond donors (Lipinski definition) is 0. The molecular weight excluding hydrogens is 370 g/mol. The highest BCUT2D eigenvalue weighted by Crippen LogP contribution is 2.39. The van der Waals surface area contributed by atoms with E-state index in [0.717, 1.165) is 16.1 Å². The van der Waals surface area contributed by atoms with Gasteiger partial charge in [-0.2, -0.15) is 0 Å². The fourth-order valence-electron chi connectivity index (χ4n) is 2.82. The lowest BCUT2D eigenvalue weighted by Crippen LogP contribution is -2.08. The Morgan fingerprint density at radius 2 is 1.88 bits per heavy atom. The second-order valence-corrected chi connectivity index (χ2v) is 7.38. The molecule has 3 rings (SSSR count). The van der Waals surface area contributed by atoms with Crippen LogP contribution in [0.3, 0.4) is 0 Å². The summed E-state index contributed by atoms with van der Waals surface area (Å²) in [6.45, 7) is 2.29. The van der Waals surface area contributed by atoms with Crippen LogP contribution in [0.2, 0.25) is 5.02 Å². The van der Waals surface area contributed by atoms with Gasteiger partial charge in [0.15, 0.2) is 5.82 Å². The van der Waals surface area contributed by atoms with Crippen LogP contribution in [0.25, 0.3) is 0 Å². The number of aromatic nitrogens is 2. The number of imidazole rings is 1. The fourth-order valence-corrected chi connectivity index (χ4v) is 4.39. The van der Waals surface area contributed by atoms with Gasteiger partial charge in [-0.05, 0) is 22.1 Å². The molecule has 0 aliphatic carbocycles.